The minimum absolute atomic E-state index is 0.203. The molecule has 9 heteroatoms. The number of likely N-dealkylation sites (N-methyl/N-ethyl adjacent to an activating group) is 1. The molecule has 5 nitrogen and oxygen atoms in total. The first-order valence-electron chi connectivity index (χ1n) is 6.38. The van der Waals surface area contributed by atoms with Crippen LogP contribution >= 0.6 is 0 Å². The average Bonchev–Trinajstić information content (AvgIpc) is 2.36. The number of halogens is 3. The van der Waals surface area contributed by atoms with Crippen molar-refractivity contribution in [2.24, 2.45) is 0 Å². The number of benzene rings is 1. The van der Waals surface area contributed by atoms with Gasteiger partial charge in [-0.1, -0.05) is 12.1 Å². The zero-order valence-electron chi connectivity index (χ0n) is 12.3. The summed E-state index contributed by atoms with van der Waals surface area (Å²) in [5.74, 6) is -0.592. The fourth-order valence-corrected chi connectivity index (χ4v) is 3.08. The highest BCUT2D eigenvalue weighted by Crippen LogP contribution is 2.34. The fourth-order valence-electron chi connectivity index (χ4n) is 1.75. The van der Waals surface area contributed by atoms with E-state index < -0.39 is 39.1 Å². The second-order valence-electron chi connectivity index (χ2n) is 4.98. The lowest BCUT2D eigenvalue weighted by Gasteiger charge is -2.20. The molecule has 124 valence electrons. The third-order valence-corrected chi connectivity index (χ3v) is 4.56. The number of nitrogens with zero attached hydrogens (tertiary/aromatic N) is 1. The van der Waals surface area contributed by atoms with Crippen molar-refractivity contribution >= 4 is 15.9 Å². The second-order valence-corrected chi connectivity index (χ2v) is 6.99. The molecular formula is C13H17F3N2O3S. The lowest BCUT2D eigenvalue weighted by atomic mass is 10.2. The molecule has 0 saturated heterocycles. The molecule has 22 heavy (non-hydrogen) atoms. The average molecular weight is 338 g/mol. The molecule has 1 N–H and O–H groups in total. The monoisotopic (exact) mass is 338 g/mol. The van der Waals surface area contributed by atoms with Crippen LogP contribution in [0.4, 0.5) is 13.2 Å². The van der Waals surface area contributed by atoms with Crippen LogP contribution in [0, 0.1) is 0 Å². The summed E-state index contributed by atoms with van der Waals surface area (Å²) in [6.07, 6.45) is -4.80. The minimum Gasteiger partial charge on any atom is -0.353 e. The van der Waals surface area contributed by atoms with Gasteiger partial charge in [0.25, 0.3) is 0 Å². The summed E-state index contributed by atoms with van der Waals surface area (Å²) in [5, 5.41) is 2.47. The Hall–Kier alpha value is -1.61. The first kappa shape index (κ1) is 18.4. The molecule has 1 aromatic rings. The van der Waals surface area contributed by atoms with E-state index in [1.807, 2.05) is 0 Å². The molecule has 0 aliphatic heterocycles. The van der Waals surface area contributed by atoms with Crippen molar-refractivity contribution in [3.05, 3.63) is 29.8 Å². The zero-order valence-corrected chi connectivity index (χ0v) is 13.1. The quantitative estimate of drug-likeness (QED) is 0.891. The molecule has 1 rings (SSSR count). The molecule has 0 spiro atoms. The summed E-state index contributed by atoms with van der Waals surface area (Å²) in [7, 11) is -3.37. The van der Waals surface area contributed by atoms with Gasteiger partial charge in [-0.3, -0.25) is 4.79 Å². The van der Waals surface area contributed by atoms with Crippen LogP contribution in [0.1, 0.15) is 19.4 Å². The Morgan fingerprint density at radius 1 is 1.27 bits per heavy atom. The highest BCUT2D eigenvalue weighted by Gasteiger charge is 2.38. The lowest BCUT2D eigenvalue weighted by Crippen LogP contribution is -2.41. The van der Waals surface area contributed by atoms with Crippen LogP contribution in [0.15, 0.2) is 29.2 Å². The highest BCUT2D eigenvalue weighted by molar-refractivity contribution is 7.89. The van der Waals surface area contributed by atoms with Gasteiger partial charge in [0, 0.05) is 13.1 Å². The summed E-state index contributed by atoms with van der Waals surface area (Å²) >= 11 is 0. The van der Waals surface area contributed by atoms with Gasteiger partial charge in [-0.05, 0) is 26.0 Å². The first-order valence-corrected chi connectivity index (χ1v) is 7.82. The van der Waals surface area contributed by atoms with Gasteiger partial charge < -0.3 is 5.32 Å². The summed E-state index contributed by atoms with van der Waals surface area (Å²) < 4.78 is 63.9. The number of carbonyl (C=O) groups is 1. The van der Waals surface area contributed by atoms with E-state index >= 15 is 0 Å². The summed E-state index contributed by atoms with van der Waals surface area (Å²) in [6, 6.07) is 3.66. The maximum Gasteiger partial charge on any atom is 0.417 e. The third kappa shape index (κ3) is 4.44. The number of hydrogen-bond acceptors (Lipinski definition) is 3. The molecule has 0 radical (unpaired) electrons. The number of carbonyl (C=O) groups excluding carboxylic acids is 1. The van der Waals surface area contributed by atoms with Crippen molar-refractivity contribution in [2.45, 2.75) is 31.0 Å². The predicted octanol–water partition coefficient (Wildman–Crippen LogP) is 1.85. The van der Waals surface area contributed by atoms with Gasteiger partial charge in [0.05, 0.1) is 17.0 Å². The van der Waals surface area contributed by atoms with E-state index in [4.69, 9.17) is 0 Å². The Morgan fingerprint density at radius 2 is 1.82 bits per heavy atom. The van der Waals surface area contributed by atoms with Gasteiger partial charge in [0.15, 0.2) is 0 Å². The van der Waals surface area contributed by atoms with Gasteiger partial charge in [-0.25, -0.2) is 8.42 Å². The largest absolute Gasteiger partial charge is 0.417 e. The third-order valence-electron chi connectivity index (χ3n) is 2.70. The predicted molar refractivity (Wildman–Crippen MR) is 74.5 cm³/mol. The van der Waals surface area contributed by atoms with E-state index in [0.29, 0.717) is 10.4 Å². The van der Waals surface area contributed by atoms with E-state index in [1.165, 1.54) is 6.07 Å². The Bertz CT molecular complexity index is 642. The second kappa shape index (κ2) is 6.66. The van der Waals surface area contributed by atoms with Gasteiger partial charge in [-0.15, -0.1) is 0 Å². The number of sulfonamides is 1. The van der Waals surface area contributed by atoms with Crippen LogP contribution in [-0.4, -0.2) is 38.3 Å². The first-order chi connectivity index (χ1) is 9.96. The summed E-state index contributed by atoms with van der Waals surface area (Å²) in [6.45, 7) is 2.81. The maximum atomic E-state index is 12.9. The number of nitrogens with one attached hydrogen (secondary N) is 1. The maximum absolute atomic E-state index is 12.9. The lowest BCUT2D eigenvalue weighted by molar-refractivity contribution is -0.139. The molecular weight excluding hydrogens is 321 g/mol. The number of alkyl halides is 3. The van der Waals surface area contributed by atoms with Crippen molar-refractivity contribution in [3.63, 3.8) is 0 Å². The molecule has 0 aliphatic rings. The molecule has 0 unspecified atom stereocenters. The van der Waals surface area contributed by atoms with Crippen LogP contribution in [-0.2, 0) is 21.0 Å². The van der Waals surface area contributed by atoms with E-state index in [0.717, 1.165) is 19.2 Å². The number of amides is 1. The van der Waals surface area contributed by atoms with E-state index in [1.54, 1.807) is 13.8 Å². The van der Waals surface area contributed by atoms with Crippen molar-refractivity contribution in [3.8, 4) is 0 Å². The topological polar surface area (TPSA) is 66.5 Å². The zero-order chi connectivity index (χ0) is 17.1. The van der Waals surface area contributed by atoms with Crippen LogP contribution in [0.25, 0.3) is 0 Å². The minimum atomic E-state index is -4.80. The van der Waals surface area contributed by atoms with Crippen molar-refractivity contribution in [1.29, 1.82) is 0 Å². The molecule has 0 atom stereocenters. The smallest absolute Gasteiger partial charge is 0.353 e. The van der Waals surface area contributed by atoms with Gasteiger partial charge in [0.2, 0.25) is 15.9 Å². The molecule has 0 saturated carbocycles. The van der Waals surface area contributed by atoms with E-state index in [2.05, 4.69) is 5.32 Å². The van der Waals surface area contributed by atoms with Gasteiger partial charge in [-0.2, -0.15) is 17.5 Å². The number of rotatable bonds is 5. The standard InChI is InChI=1S/C13H17F3N2O3S/c1-9(2)17-12(19)8-18(3)22(20,21)11-7-5-4-6-10(11)13(14,15)16/h4-7,9H,8H2,1-3H3,(H,17,19). The molecule has 0 aromatic heterocycles. The Balaban J connectivity index is 3.12. The normalized spacial score (nSPS) is 12.7. The Morgan fingerprint density at radius 3 is 2.32 bits per heavy atom. The van der Waals surface area contributed by atoms with Gasteiger partial charge in [0.1, 0.15) is 0 Å². The molecule has 1 aromatic carbocycles. The molecule has 1 amide bonds. The number of hydrogen-bond donors (Lipinski definition) is 1. The SMILES string of the molecule is CC(C)NC(=O)CN(C)S(=O)(=O)c1ccccc1C(F)(F)F. The molecule has 0 heterocycles. The summed E-state index contributed by atoms with van der Waals surface area (Å²) in [5.41, 5.74) is -1.26. The summed E-state index contributed by atoms with van der Waals surface area (Å²) in [4.78, 5) is 10.7. The van der Waals surface area contributed by atoms with Crippen LogP contribution in [0.2, 0.25) is 0 Å². The van der Waals surface area contributed by atoms with Crippen LogP contribution in [0.5, 0.6) is 0 Å². The van der Waals surface area contributed by atoms with E-state index in [-0.39, 0.29) is 6.04 Å². The van der Waals surface area contributed by atoms with E-state index in [9.17, 15) is 26.4 Å². The Kier molecular flexibility index (Phi) is 5.58. The molecule has 0 bridgehead atoms. The fraction of sp³-hybridized carbons (Fsp3) is 0.462. The molecule has 0 aliphatic carbocycles. The van der Waals surface area contributed by atoms with Crippen LogP contribution < -0.4 is 5.32 Å². The van der Waals surface area contributed by atoms with Crippen molar-refractivity contribution < 1.29 is 26.4 Å². The highest BCUT2D eigenvalue weighted by atomic mass is 32.2. The van der Waals surface area contributed by atoms with Gasteiger partial charge >= 0.3 is 6.18 Å². The Labute approximate surface area is 127 Å². The van der Waals surface area contributed by atoms with Crippen molar-refractivity contribution in [1.82, 2.24) is 9.62 Å². The van der Waals surface area contributed by atoms with Crippen LogP contribution in [0.3, 0.4) is 0 Å². The molecule has 0 fully saturated rings. The van der Waals surface area contributed by atoms with Crippen molar-refractivity contribution in [2.75, 3.05) is 13.6 Å².